The van der Waals surface area contributed by atoms with Crippen molar-refractivity contribution in [2.24, 2.45) is 0 Å². The molecule has 1 atom stereocenters. The normalized spacial score (nSPS) is 18.8. The number of hydrogen-bond acceptors (Lipinski definition) is 7. The number of aromatic nitrogens is 1. The molecule has 3 rings (SSSR count). The molecule has 1 aromatic carbocycles. The average Bonchev–Trinajstić information content (AvgIpc) is 2.84. The minimum Gasteiger partial charge on any atom is -0.378 e. The van der Waals surface area contributed by atoms with Crippen LogP contribution in [0.5, 0.6) is 0 Å². The standard InChI is InChI=1S/C13H16N4O3S/c1-8-16-11-4-10(12(17(18)19)5-13(11)21-8)15-6-9-7-20-3-2-14-9/h4-5,9,14-15H,2-3,6-7H2,1H3. The number of aryl methyl sites for hydroxylation is 1. The van der Waals surface area contributed by atoms with Gasteiger partial charge in [0.1, 0.15) is 5.69 Å². The van der Waals surface area contributed by atoms with Gasteiger partial charge in [-0.2, -0.15) is 0 Å². The number of hydrogen-bond donors (Lipinski definition) is 2. The monoisotopic (exact) mass is 308 g/mol. The predicted octanol–water partition coefficient (Wildman–Crippen LogP) is 1.91. The van der Waals surface area contributed by atoms with Gasteiger partial charge in [0.25, 0.3) is 5.69 Å². The molecule has 0 radical (unpaired) electrons. The summed E-state index contributed by atoms with van der Waals surface area (Å²) >= 11 is 1.46. The van der Waals surface area contributed by atoms with Gasteiger partial charge in [0.05, 0.1) is 33.4 Å². The van der Waals surface area contributed by atoms with Gasteiger partial charge in [0.2, 0.25) is 0 Å². The zero-order chi connectivity index (χ0) is 14.8. The molecule has 21 heavy (non-hydrogen) atoms. The topological polar surface area (TPSA) is 89.3 Å². The van der Waals surface area contributed by atoms with Crippen molar-refractivity contribution in [3.8, 4) is 0 Å². The number of nitro benzene ring substituents is 1. The van der Waals surface area contributed by atoms with E-state index in [1.165, 1.54) is 11.3 Å². The maximum Gasteiger partial charge on any atom is 0.293 e. The third-order valence-corrected chi connectivity index (χ3v) is 4.28. The minimum absolute atomic E-state index is 0.0860. The van der Waals surface area contributed by atoms with Crippen LogP contribution >= 0.6 is 11.3 Å². The van der Waals surface area contributed by atoms with Crippen LogP contribution in [0.1, 0.15) is 5.01 Å². The summed E-state index contributed by atoms with van der Waals surface area (Å²) in [6.45, 7) is 4.60. The highest BCUT2D eigenvalue weighted by molar-refractivity contribution is 7.18. The molecule has 0 spiro atoms. The lowest BCUT2D eigenvalue weighted by Gasteiger charge is -2.24. The van der Waals surface area contributed by atoms with Gasteiger partial charge in [-0.1, -0.05) is 0 Å². The zero-order valence-electron chi connectivity index (χ0n) is 11.6. The largest absolute Gasteiger partial charge is 0.378 e. The Labute approximate surface area is 125 Å². The van der Waals surface area contributed by atoms with Crippen molar-refractivity contribution >= 4 is 32.9 Å². The van der Waals surface area contributed by atoms with Crippen LogP contribution in [0.25, 0.3) is 10.2 Å². The fraction of sp³-hybridized carbons (Fsp3) is 0.462. The van der Waals surface area contributed by atoms with E-state index in [4.69, 9.17) is 4.74 Å². The van der Waals surface area contributed by atoms with Crippen molar-refractivity contribution in [1.82, 2.24) is 10.3 Å². The van der Waals surface area contributed by atoms with Crippen LogP contribution in [0.4, 0.5) is 11.4 Å². The van der Waals surface area contributed by atoms with Gasteiger partial charge in [-0.25, -0.2) is 4.98 Å². The van der Waals surface area contributed by atoms with Crippen molar-refractivity contribution in [3.63, 3.8) is 0 Å². The highest BCUT2D eigenvalue weighted by Crippen LogP contribution is 2.32. The first-order chi connectivity index (χ1) is 10.1. The van der Waals surface area contributed by atoms with Crippen LogP contribution in [0.15, 0.2) is 12.1 Å². The van der Waals surface area contributed by atoms with Gasteiger partial charge < -0.3 is 15.4 Å². The van der Waals surface area contributed by atoms with Crippen LogP contribution in [0.3, 0.4) is 0 Å². The Bertz CT molecular complexity index is 667. The Morgan fingerprint density at radius 3 is 3.19 bits per heavy atom. The summed E-state index contributed by atoms with van der Waals surface area (Å²) in [6.07, 6.45) is 0. The van der Waals surface area contributed by atoms with Gasteiger partial charge in [0.15, 0.2) is 0 Å². The number of benzene rings is 1. The van der Waals surface area contributed by atoms with Gasteiger partial charge in [0, 0.05) is 25.2 Å². The zero-order valence-corrected chi connectivity index (χ0v) is 12.4. The molecule has 2 heterocycles. The fourth-order valence-electron chi connectivity index (χ4n) is 2.35. The van der Waals surface area contributed by atoms with E-state index >= 15 is 0 Å². The number of rotatable bonds is 4. The second-order valence-electron chi connectivity index (χ2n) is 4.93. The van der Waals surface area contributed by atoms with E-state index < -0.39 is 0 Å². The molecular formula is C13H16N4O3S. The maximum absolute atomic E-state index is 11.2. The molecule has 2 aromatic rings. The Morgan fingerprint density at radius 2 is 2.48 bits per heavy atom. The number of thiazole rings is 1. The third-order valence-electron chi connectivity index (χ3n) is 3.35. The first-order valence-electron chi connectivity index (χ1n) is 6.74. The van der Waals surface area contributed by atoms with Gasteiger partial charge in [-0.15, -0.1) is 11.3 Å². The Hall–Kier alpha value is -1.77. The Balaban J connectivity index is 1.84. The van der Waals surface area contributed by atoms with E-state index in [9.17, 15) is 10.1 Å². The molecule has 1 aliphatic rings. The van der Waals surface area contributed by atoms with E-state index in [0.29, 0.717) is 25.4 Å². The SMILES string of the molecule is Cc1nc2cc(NCC3COCCN3)c([N+](=O)[O-])cc2s1. The lowest BCUT2D eigenvalue weighted by Crippen LogP contribution is -2.45. The van der Waals surface area contributed by atoms with Crippen LogP contribution in [-0.4, -0.2) is 42.3 Å². The molecule has 112 valence electrons. The van der Waals surface area contributed by atoms with Crippen molar-refractivity contribution in [2.45, 2.75) is 13.0 Å². The number of nitro groups is 1. The lowest BCUT2D eigenvalue weighted by atomic mass is 10.2. The van der Waals surface area contributed by atoms with E-state index in [1.807, 2.05) is 6.92 Å². The molecule has 1 fully saturated rings. The fourth-order valence-corrected chi connectivity index (χ4v) is 3.20. The van der Waals surface area contributed by atoms with Crippen LogP contribution in [0, 0.1) is 17.0 Å². The quantitative estimate of drug-likeness (QED) is 0.662. The van der Waals surface area contributed by atoms with Crippen molar-refractivity contribution < 1.29 is 9.66 Å². The molecule has 1 unspecified atom stereocenters. The average molecular weight is 308 g/mol. The summed E-state index contributed by atoms with van der Waals surface area (Å²) in [6, 6.07) is 3.50. The molecule has 1 saturated heterocycles. The van der Waals surface area contributed by atoms with E-state index in [0.717, 1.165) is 21.8 Å². The minimum atomic E-state index is -0.359. The maximum atomic E-state index is 11.2. The number of ether oxygens (including phenoxy) is 1. The predicted molar refractivity (Wildman–Crippen MR) is 82.1 cm³/mol. The van der Waals surface area contributed by atoms with Gasteiger partial charge in [-0.05, 0) is 13.0 Å². The smallest absolute Gasteiger partial charge is 0.293 e. The molecule has 0 aliphatic carbocycles. The van der Waals surface area contributed by atoms with Crippen LogP contribution in [0.2, 0.25) is 0 Å². The van der Waals surface area contributed by atoms with Crippen molar-refractivity contribution in [2.75, 3.05) is 31.6 Å². The number of nitrogens with zero attached hydrogens (tertiary/aromatic N) is 2. The molecule has 2 N–H and O–H groups in total. The molecule has 1 aromatic heterocycles. The summed E-state index contributed by atoms with van der Waals surface area (Å²) in [4.78, 5) is 15.3. The first-order valence-corrected chi connectivity index (χ1v) is 7.56. The molecule has 0 saturated carbocycles. The van der Waals surface area contributed by atoms with Crippen molar-refractivity contribution in [1.29, 1.82) is 0 Å². The molecule has 7 nitrogen and oxygen atoms in total. The van der Waals surface area contributed by atoms with E-state index in [1.54, 1.807) is 12.1 Å². The molecule has 1 aliphatic heterocycles. The number of morpholine rings is 1. The number of nitrogens with one attached hydrogen (secondary N) is 2. The van der Waals surface area contributed by atoms with Gasteiger partial charge in [-0.3, -0.25) is 10.1 Å². The summed E-state index contributed by atoms with van der Waals surface area (Å²) in [5.74, 6) is 0. The van der Waals surface area contributed by atoms with Crippen LogP contribution in [-0.2, 0) is 4.74 Å². The lowest BCUT2D eigenvalue weighted by molar-refractivity contribution is -0.383. The second kappa shape index (κ2) is 5.92. The highest BCUT2D eigenvalue weighted by atomic mass is 32.1. The van der Waals surface area contributed by atoms with E-state index in [-0.39, 0.29) is 16.7 Å². The molecule has 8 heteroatoms. The van der Waals surface area contributed by atoms with Crippen LogP contribution < -0.4 is 10.6 Å². The second-order valence-corrected chi connectivity index (χ2v) is 6.17. The molecule has 0 amide bonds. The third kappa shape index (κ3) is 3.12. The molecule has 0 bridgehead atoms. The molecular weight excluding hydrogens is 292 g/mol. The number of fused-ring (bicyclic) bond motifs is 1. The summed E-state index contributed by atoms with van der Waals surface area (Å²) in [7, 11) is 0. The highest BCUT2D eigenvalue weighted by Gasteiger charge is 2.19. The summed E-state index contributed by atoms with van der Waals surface area (Å²) in [5, 5.41) is 18.6. The Kier molecular flexibility index (Phi) is 4.00. The Morgan fingerprint density at radius 1 is 1.62 bits per heavy atom. The number of anilines is 1. The van der Waals surface area contributed by atoms with E-state index in [2.05, 4.69) is 15.6 Å². The van der Waals surface area contributed by atoms with Gasteiger partial charge >= 0.3 is 0 Å². The summed E-state index contributed by atoms with van der Waals surface area (Å²) < 4.78 is 6.21. The summed E-state index contributed by atoms with van der Waals surface area (Å²) in [5.41, 5.74) is 1.38. The first kappa shape index (κ1) is 14.2. The van der Waals surface area contributed by atoms with Crippen molar-refractivity contribution in [3.05, 3.63) is 27.3 Å².